The zero-order chi connectivity index (χ0) is 11.0. The van der Waals surface area contributed by atoms with Gasteiger partial charge in [0.05, 0.1) is 0 Å². The van der Waals surface area contributed by atoms with E-state index in [4.69, 9.17) is 5.84 Å². The van der Waals surface area contributed by atoms with Crippen LogP contribution in [0.3, 0.4) is 0 Å². The summed E-state index contributed by atoms with van der Waals surface area (Å²) in [5.41, 5.74) is 0.285. The molecule has 1 saturated carbocycles. The zero-order valence-electron chi connectivity index (χ0n) is 8.97. The minimum atomic E-state index is -0.224. The molecule has 82 valence electrons. The molecule has 0 amide bonds. The van der Waals surface area contributed by atoms with Gasteiger partial charge in [-0.3, -0.25) is 4.79 Å². The predicted molar refractivity (Wildman–Crippen MR) is 57.4 cm³/mol. The van der Waals surface area contributed by atoms with Crippen molar-refractivity contribution in [1.29, 1.82) is 0 Å². The van der Waals surface area contributed by atoms with Crippen LogP contribution in [0.15, 0.2) is 4.79 Å². The molecule has 1 fully saturated rings. The molecule has 6 nitrogen and oxygen atoms in total. The maximum Gasteiger partial charge on any atom is 0.295 e. The first-order chi connectivity index (χ1) is 7.11. The molecule has 0 aromatic carbocycles. The van der Waals surface area contributed by atoms with Crippen LogP contribution in [0.25, 0.3) is 0 Å². The molecule has 0 unspecified atom stereocenters. The molecule has 1 aliphatic carbocycles. The van der Waals surface area contributed by atoms with Crippen molar-refractivity contribution in [3.8, 4) is 0 Å². The lowest BCUT2D eigenvalue weighted by atomic mass is 9.83. The summed E-state index contributed by atoms with van der Waals surface area (Å²) >= 11 is 0. The number of nitrogens with zero attached hydrogens (tertiary/aromatic N) is 4. The molecule has 6 heteroatoms. The van der Waals surface area contributed by atoms with Crippen LogP contribution in [0.4, 0.5) is 5.95 Å². The van der Waals surface area contributed by atoms with Crippen molar-refractivity contribution in [2.45, 2.75) is 25.2 Å². The Labute approximate surface area is 87.7 Å². The molecule has 0 bridgehead atoms. The van der Waals surface area contributed by atoms with Crippen molar-refractivity contribution >= 4 is 5.95 Å². The van der Waals surface area contributed by atoms with Gasteiger partial charge in [-0.15, -0.1) is 10.2 Å². The van der Waals surface area contributed by atoms with Gasteiger partial charge in [0.2, 0.25) is 5.95 Å². The van der Waals surface area contributed by atoms with Crippen molar-refractivity contribution in [3.63, 3.8) is 0 Å². The molecule has 1 heterocycles. The van der Waals surface area contributed by atoms with Crippen LogP contribution in [0.5, 0.6) is 0 Å². The third-order valence-electron chi connectivity index (χ3n) is 2.79. The molecule has 2 N–H and O–H groups in total. The minimum Gasteiger partial charge on any atom is -0.346 e. The van der Waals surface area contributed by atoms with Gasteiger partial charge in [0.15, 0.2) is 0 Å². The molecule has 1 aromatic heterocycles. The Kier molecular flexibility index (Phi) is 2.34. The summed E-state index contributed by atoms with van der Waals surface area (Å²) in [6.07, 6.45) is 3.20. The molecular formula is C9H15N5O. The smallest absolute Gasteiger partial charge is 0.295 e. The number of aromatic nitrogens is 3. The first-order valence-electron chi connectivity index (χ1n) is 5.03. The number of anilines is 1. The second-order valence-corrected chi connectivity index (χ2v) is 4.08. The molecule has 1 aliphatic rings. The lowest BCUT2D eigenvalue weighted by Crippen LogP contribution is -2.38. The van der Waals surface area contributed by atoms with Gasteiger partial charge < -0.3 is 10.7 Å². The number of nitrogen functional groups attached to an aromatic ring is 1. The van der Waals surface area contributed by atoms with E-state index in [2.05, 4.69) is 10.2 Å². The van der Waals surface area contributed by atoms with E-state index in [-0.39, 0.29) is 11.5 Å². The number of nitrogens with two attached hydrogens (primary N) is 1. The Bertz CT molecular complexity index is 421. The SMILES string of the molecule is CN(C)c1nnc(C2CCC2)c(=O)n1N. The second kappa shape index (κ2) is 3.52. The van der Waals surface area contributed by atoms with Crippen molar-refractivity contribution in [1.82, 2.24) is 14.9 Å². The summed E-state index contributed by atoms with van der Waals surface area (Å²) < 4.78 is 1.07. The number of rotatable bonds is 2. The molecule has 0 spiro atoms. The molecule has 0 aliphatic heterocycles. The van der Waals surface area contributed by atoms with Crippen LogP contribution in [0.2, 0.25) is 0 Å². The summed E-state index contributed by atoms with van der Waals surface area (Å²) in [6.45, 7) is 0. The van der Waals surface area contributed by atoms with Crippen LogP contribution >= 0.6 is 0 Å². The molecule has 1 aromatic rings. The van der Waals surface area contributed by atoms with Crippen molar-refractivity contribution in [3.05, 3.63) is 16.0 Å². The predicted octanol–water partition coefficient (Wildman–Crippen LogP) is -0.314. The zero-order valence-corrected chi connectivity index (χ0v) is 8.97. The first-order valence-corrected chi connectivity index (χ1v) is 5.03. The van der Waals surface area contributed by atoms with Crippen LogP contribution < -0.4 is 16.3 Å². The number of hydrogen-bond acceptors (Lipinski definition) is 5. The highest BCUT2D eigenvalue weighted by Crippen LogP contribution is 2.33. The molecule has 2 rings (SSSR count). The van der Waals surface area contributed by atoms with E-state index in [1.165, 1.54) is 0 Å². The van der Waals surface area contributed by atoms with E-state index in [1.54, 1.807) is 19.0 Å². The topological polar surface area (TPSA) is 77.0 Å². The van der Waals surface area contributed by atoms with E-state index in [0.29, 0.717) is 11.6 Å². The van der Waals surface area contributed by atoms with Crippen molar-refractivity contribution < 1.29 is 0 Å². The highest BCUT2D eigenvalue weighted by atomic mass is 16.1. The summed E-state index contributed by atoms with van der Waals surface area (Å²) in [4.78, 5) is 13.5. The Morgan fingerprint density at radius 2 is 2.07 bits per heavy atom. The average molecular weight is 209 g/mol. The van der Waals surface area contributed by atoms with Gasteiger partial charge >= 0.3 is 0 Å². The van der Waals surface area contributed by atoms with Crippen LogP contribution in [-0.4, -0.2) is 29.0 Å². The lowest BCUT2D eigenvalue weighted by molar-refractivity contribution is 0.401. The van der Waals surface area contributed by atoms with E-state index in [9.17, 15) is 4.79 Å². The Morgan fingerprint density at radius 3 is 2.53 bits per heavy atom. The molecule has 0 saturated heterocycles. The van der Waals surface area contributed by atoms with Gasteiger partial charge in [-0.1, -0.05) is 6.42 Å². The average Bonchev–Trinajstić information content (AvgIpc) is 2.09. The van der Waals surface area contributed by atoms with Gasteiger partial charge in [-0.05, 0) is 12.8 Å². The summed E-state index contributed by atoms with van der Waals surface area (Å²) in [5.74, 6) is 6.30. The third-order valence-corrected chi connectivity index (χ3v) is 2.79. The van der Waals surface area contributed by atoms with Crippen LogP contribution in [0, 0.1) is 0 Å². The maximum atomic E-state index is 11.8. The quantitative estimate of drug-likeness (QED) is 0.676. The Hall–Kier alpha value is -1.59. The summed E-state index contributed by atoms with van der Waals surface area (Å²) in [6, 6.07) is 0. The Balaban J connectivity index is 2.44. The first kappa shape index (κ1) is 9.95. The van der Waals surface area contributed by atoms with E-state index >= 15 is 0 Å². The normalized spacial score (nSPS) is 16.1. The van der Waals surface area contributed by atoms with E-state index in [0.717, 1.165) is 23.9 Å². The fourth-order valence-electron chi connectivity index (χ4n) is 1.65. The standard InChI is InChI=1S/C9H15N5O/c1-13(2)9-12-11-7(6-4-3-5-6)8(15)14(9)10/h6H,3-5,10H2,1-2H3. The van der Waals surface area contributed by atoms with Gasteiger partial charge in [0.1, 0.15) is 5.69 Å². The van der Waals surface area contributed by atoms with Gasteiger partial charge in [0.25, 0.3) is 5.56 Å². The van der Waals surface area contributed by atoms with E-state index in [1.807, 2.05) is 0 Å². The number of hydrogen-bond donors (Lipinski definition) is 1. The van der Waals surface area contributed by atoms with Gasteiger partial charge in [-0.2, -0.15) is 4.68 Å². The fourth-order valence-corrected chi connectivity index (χ4v) is 1.65. The van der Waals surface area contributed by atoms with Gasteiger partial charge in [-0.25, -0.2) is 0 Å². The highest BCUT2D eigenvalue weighted by molar-refractivity contribution is 5.27. The second-order valence-electron chi connectivity index (χ2n) is 4.08. The monoisotopic (exact) mass is 209 g/mol. The van der Waals surface area contributed by atoms with Crippen molar-refractivity contribution in [2.75, 3.05) is 24.8 Å². The Morgan fingerprint density at radius 1 is 1.40 bits per heavy atom. The maximum absolute atomic E-state index is 11.8. The highest BCUT2D eigenvalue weighted by Gasteiger charge is 2.25. The van der Waals surface area contributed by atoms with Gasteiger partial charge in [0, 0.05) is 20.0 Å². The minimum absolute atomic E-state index is 0.224. The van der Waals surface area contributed by atoms with Crippen molar-refractivity contribution in [2.24, 2.45) is 0 Å². The van der Waals surface area contributed by atoms with Crippen LogP contribution in [-0.2, 0) is 0 Å². The largest absolute Gasteiger partial charge is 0.346 e. The summed E-state index contributed by atoms with van der Waals surface area (Å²) in [5, 5.41) is 7.93. The summed E-state index contributed by atoms with van der Waals surface area (Å²) in [7, 11) is 3.55. The molecule has 15 heavy (non-hydrogen) atoms. The van der Waals surface area contributed by atoms with E-state index < -0.39 is 0 Å². The molecule has 0 radical (unpaired) electrons. The lowest BCUT2D eigenvalue weighted by Gasteiger charge is -2.24. The molecular weight excluding hydrogens is 194 g/mol. The fraction of sp³-hybridized carbons (Fsp3) is 0.667. The molecule has 0 atom stereocenters. The van der Waals surface area contributed by atoms with Crippen LogP contribution in [0.1, 0.15) is 30.9 Å². The third kappa shape index (κ3) is 1.55.